The Hall–Kier alpha value is -1.75. The van der Waals surface area contributed by atoms with E-state index in [1.165, 1.54) is 12.1 Å². The second-order valence-electron chi connectivity index (χ2n) is 7.51. The highest BCUT2D eigenvalue weighted by molar-refractivity contribution is 5.89. The minimum absolute atomic E-state index is 0.0845. The van der Waals surface area contributed by atoms with Gasteiger partial charge in [0, 0.05) is 0 Å². The lowest BCUT2D eigenvalue weighted by Gasteiger charge is -2.29. The van der Waals surface area contributed by atoms with Gasteiger partial charge < -0.3 is 9.84 Å². The van der Waals surface area contributed by atoms with Gasteiger partial charge in [0.2, 0.25) is 0 Å². The average Bonchev–Trinajstić information content (AvgIpc) is 2.80. The SMILES string of the molecule is CC.CC.CCC1CCC(Oc2ccc3cc(C(O)CC)ccc3c2C(F)(F)F)CC1. The van der Waals surface area contributed by atoms with Crippen molar-refractivity contribution in [1.82, 2.24) is 0 Å². The number of aliphatic hydroxyl groups excluding tert-OH is 1. The molecule has 0 radical (unpaired) electrons. The zero-order chi connectivity index (χ0) is 23.6. The van der Waals surface area contributed by atoms with Crippen LogP contribution in [0.4, 0.5) is 13.2 Å². The summed E-state index contributed by atoms with van der Waals surface area (Å²) in [6.45, 7) is 12.0. The highest BCUT2D eigenvalue weighted by Gasteiger charge is 2.37. The second-order valence-corrected chi connectivity index (χ2v) is 7.51. The van der Waals surface area contributed by atoms with Crippen LogP contribution < -0.4 is 4.74 Å². The first-order valence-electron chi connectivity index (χ1n) is 11.8. The van der Waals surface area contributed by atoms with Crippen molar-refractivity contribution in [1.29, 1.82) is 0 Å². The van der Waals surface area contributed by atoms with Crippen LogP contribution in [0.2, 0.25) is 0 Å². The van der Waals surface area contributed by atoms with Gasteiger partial charge in [0.25, 0.3) is 0 Å². The molecule has 3 rings (SSSR count). The van der Waals surface area contributed by atoms with Crippen LogP contribution in [0.25, 0.3) is 10.8 Å². The quantitative estimate of drug-likeness (QED) is 0.504. The zero-order valence-corrected chi connectivity index (χ0v) is 19.9. The van der Waals surface area contributed by atoms with E-state index in [1.807, 2.05) is 34.6 Å². The predicted octanol–water partition coefficient (Wildman–Crippen LogP) is 8.70. The van der Waals surface area contributed by atoms with E-state index in [-0.39, 0.29) is 17.2 Å². The summed E-state index contributed by atoms with van der Waals surface area (Å²) in [7, 11) is 0. The highest BCUT2D eigenvalue weighted by atomic mass is 19.4. The highest BCUT2D eigenvalue weighted by Crippen LogP contribution is 2.43. The fourth-order valence-electron chi connectivity index (χ4n) is 4.00. The van der Waals surface area contributed by atoms with E-state index in [4.69, 9.17) is 4.74 Å². The van der Waals surface area contributed by atoms with Crippen molar-refractivity contribution in [3.63, 3.8) is 0 Å². The molecule has 0 aliphatic heterocycles. The fourth-order valence-corrected chi connectivity index (χ4v) is 4.00. The number of alkyl halides is 3. The Kier molecular flexibility index (Phi) is 11.4. The van der Waals surface area contributed by atoms with Crippen molar-refractivity contribution in [3.05, 3.63) is 41.5 Å². The summed E-state index contributed by atoms with van der Waals surface area (Å²) in [6.07, 6.45) is -0.0867. The van der Waals surface area contributed by atoms with Crippen molar-refractivity contribution in [2.45, 2.75) is 98.5 Å². The molecule has 2 aromatic carbocycles. The number of rotatable bonds is 5. The zero-order valence-electron chi connectivity index (χ0n) is 19.9. The Bertz CT molecular complexity index is 778. The van der Waals surface area contributed by atoms with Crippen LogP contribution in [0.5, 0.6) is 5.75 Å². The lowest BCUT2D eigenvalue weighted by atomic mass is 9.86. The molecule has 0 amide bonds. The molecule has 1 atom stereocenters. The molecule has 176 valence electrons. The molecule has 0 heterocycles. The van der Waals surface area contributed by atoms with Crippen LogP contribution in [0.1, 0.15) is 97.3 Å². The third-order valence-electron chi connectivity index (χ3n) is 5.73. The van der Waals surface area contributed by atoms with Crippen LogP contribution in [-0.2, 0) is 6.18 Å². The third kappa shape index (κ3) is 7.13. The molecule has 1 unspecified atom stereocenters. The van der Waals surface area contributed by atoms with Gasteiger partial charge in [-0.05, 0) is 66.5 Å². The van der Waals surface area contributed by atoms with Gasteiger partial charge in [0.05, 0.1) is 12.2 Å². The third-order valence-corrected chi connectivity index (χ3v) is 5.73. The Morgan fingerprint density at radius 3 is 2.10 bits per heavy atom. The Morgan fingerprint density at radius 1 is 0.968 bits per heavy atom. The van der Waals surface area contributed by atoms with Gasteiger partial charge in [-0.2, -0.15) is 13.2 Å². The first-order chi connectivity index (χ1) is 14.8. The number of hydrogen-bond donors (Lipinski definition) is 1. The van der Waals surface area contributed by atoms with Gasteiger partial charge in [-0.1, -0.05) is 66.2 Å². The molecule has 2 nitrogen and oxygen atoms in total. The summed E-state index contributed by atoms with van der Waals surface area (Å²) in [5.41, 5.74) is -0.0835. The summed E-state index contributed by atoms with van der Waals surface area (Å²) < 4.78 is 47.4. The van der Waals surface area contributed by atoms with Crippen molar-refractivity contribution in [3.8, 4) is 5.75 Å². The number of benzene rings is 2. The number of aliphatic hydroxyl groups is 1. The fraction of sp³-hybridized carbons (Fsp3) is 0.615. The minimum Gasteiger partial charge on any atom is -0.490 e. The second kappa shape index (κ2) is 12.9. The number of hydrogen-bond acceptors (Lipinski definition) is 2. The van der Waals surface area contributed by atoms with Crippen LogP contribution in [0.15, 0.2) is 30.3 Å². The Balaban J connectivity index is 0.00000113. The van der Waals surface area contributed by atoms with Crippen LogP contribution in [0, 0.1) is 5.92 Å². The lowest BCUT2D eigenvalue weighted by Crippen LogP contribution is -2.25. The molecule has 1 saturated carbocycles. The number of ether oxygens (including phenoxy) is 1. The van der Waals surface area contributed by atoms with E-state index < -0.39 is 17.8 Å². The molecule has 5 heteroatoms. The Labute approximate surface area is 185 Å². The summed E-state index contributed by atoms with van der Waals surface area (Å²) in [5, 5.41) is 10.6. The van der Waals surface area contributed by atoms with Crippen LogP contribution >= 0.6 is 0 Å². The van der Waals surface area contributed by atoms with Crippen LogP contribution in [0.3, 0.4) is 0 Å². The van der Waals surface area contributed by atoms with Crippen molar-refractivity contribution in [2.24, 2.45) is 5.92 Å². The van der Waals surface area contributed by atoms with Crippen molar-refractivity contribution >= 4 is 10.8 Å². The molecule has 2 aromatic rings. The van der Waals surface area contributed by atoms with Crippen LogP contribution in [-0.4, -0.2) is 11.2 Å². The maximum Gasteiger partial charge on any atom is 0.420 e. The maximum atomic E-state index is 13.8. The van der Waals surface area contributed by atoms with E-state index >= 15 is 0 Å². The predicted molar refractivity (Wildman–Crippen MR) is 124 cm³/mol. The molecular weight excluding hydrogens is 401 g/mol. The normalized spacial score (nSPS) is 19.5. The lowest BCUT2D eigenvalue weighted by molar-refractivity contribution is -0.138. The standard InChI is InChI=1S/C22H27F3O2.2C2H6/c1-3-14-5-9-17(10-6-14)27-20-12-8-15-13-16(19(26)4-2)7-11-18(15)21(20)22(23,24)25;2*1-2/h7-8,11-14,17,19,26H,3-6,9-10H2,1-2H3;2*1-2H3. The van der Waals surface area contributed by atoms with Gasteiger partial charge >= 0.3 is 6.18 Å². The molecule has 0 aromatic heterocycles. The van der Waals surface area contributed by atoms with E-state index in [0.717, 1.165) is 32.1 Å². The first-order valence-corrected chi connectivity index (χ1v) is 11.8. The van der Waals surface area contributed by atoms with Gasteiger partial charge in [0.15, 0.2) is 0 Å². The topological polar surface area (TPSA) is 29.5 Å². The molecule has 0 bridgehead atoms. The Morgan fingerprint density at radius 2 is 1.58 bits per heavy atom. The van der Waals surface area contributed by atoms with Crippen molar-refractivity contribution < 1.29 is 23.0 Å². The molecule has 1 aliphatic carbocycles. The van der Waals surface area contributed by atoms with E-state index in [9.17, 15) is 18.3 Å². The summed E-state index contributed by atoms with van der Waals surface area (Å²) in [4.78, 5) is 0. The monoisotopic (exact) mass is 440 g/mol. The van der Waals surface area contributed by atoms with Gasteiger partial charge in [-0.25, -0.2) is 0 Å². The molecule has 1 fully saturated rings. The van der Waals surface area contributed by atoms with Gasteiger partial charge in [0.1, 0.15) is 11.3 Å². The maximum absolute atomic E-state index is 13.8. The molecule has 1 aliphatic rings. The minimum atomic E-state index is -4.50. The van der Waals surface area contributed by atoms with E-state index in [2.05, 4.69) is 6.92 Å². The number of fused-ring (bicyclic) bond motifs is 1. The van der Waals surface area contributed by atoms with E-state index in [1.54, 1.807) is 18.2 Å². The summed E-state index contributed by atoms with van der Waals surface area (Å²) in [6, 6.07) is 7.74. The first kappa shape index (κ1) is 27.3. The summed E-state index contributed by atoms with van der Waals surface area (Å²) in [5.74, 6) is 0.575. The van der Waals surface area contributed by atoms with E-state index in [0.29, 0.717) is 23.3 Å². The summed E-state index contributed by atoms with van der Waals surface area (Å²) >= 11 is 0. The molecule has 0 spiro atoms. The molecular formula is C26H39F3O2. The van der Waals surface area contributed by atoms with Crippen molar-refractivity contribution in [2.75, 3.05) is 0 Å². The molecule has 1 N–H and O–H groups in total. The molecule has 0 saturated heterocycles. The molecule has 31 heavy (non-hydrogen) atoms. The van der Waals surface area contributed by atoms with Gasteiger partial charge in [-0.15, -0.1) is 0 Å². The largest absolute Gasteiger partial charge is 0.490 e. The van der Waals surface area contributed by atoms with Gasteiger partial charge in [-0.3, -0.25) is 0 Å². The number of halogens is 3. The smallest absolute Gasteiger partial charge is 0.420 e. The average molecular weight is 441 g/mol.